The number of aryl methyl sites for hydroxylation is 1. The van der Waals surface area contributed by atoms with Gasteiger partial charge in [-0.15, -0.1) is 0 Å². The molecule has 3 aromatic rings. The Balaban J connectivity index is 1.70. The van der Waals surface area contributed by atoms with E-state index >= 15 is 0 Å². The molecular formula is C24H21BrN2O4. The minimum Gasteiger partial charge on any atom is -0.490 e. The SMILES string of the molecule is CCOc1cc(/C=N/NC(=O)c2cccc(Br)c2)ccc1OC(=O)c1ccc(C)cc1. The summed E-state index contributed by atoms with van der Waals surface area (Å²) in [4.78, 5) is 24.6. The number of hydrogen-bond acceptors (Lipinski definition) is 5. The zero-order chi connectivity index (χ0) is 22.2. The summed E-state index contributed by atoms with van der Waals surface area (Å²) in [5.41, 5.74) is 5.15. The van der Waals surface area contributed by atoms with Crippen molar-refractivity contribution in [2.45, 2.75) is 13.8 Å². The highest BCUT2D eigenvalue weighted by Crippen LogP contribution is 2.29. The second-order valence-electron chi connectivity index (χ2n) is 6.60. The number of rotatable bonds is 7. The van der Waals surface area contributed by atoms with E-state index in [9.17, 15) is 9.59 Å². The molecule has 1 N–H and O–H groups in total. The molecule has 0 aliphatic heterocycles. The highest BCUT2D eigenvalue weighted by Gasteiger charge is 2.13. The van der Waals surface area contributed by atoms with Gasteiger partial charge in [-0.05, 0) is 67.9 Å². The molecule has 1 amide bonds. The number of nitrogens with zero attached hydrogens (tertiary/aromatic N) is 1. The molecule has 0 atom stereocenters. The van der Waals surface area contributed by atoms with Crippen molar-refractivity contribution in [3.8, 4) is 11.5 Å². The summed E-state index contributed by atoms with van der Waals surface area (Å²) in [5.74, 6) is -0.0807. The molecule has 0 aliphatic carbocycles. The van der Waals surface area contributed by atoms with Gasteiger partial charge in [0, 0.05) is 10.0 Å². The first-order valence-electron chi connectivity index (χ1n) is 9.61. The van der Waals surface area contributed by atoms with Crippen LogP contribution in [0.2, 0.25) is 0 Å². The van der Waals surface area contributed by atoms with Crippen LogP contribution in [0.3, 0.4) is 0 Å². The fourth-order valence-corrected chi connectivity index (χ4v) is 3.06. The molecule has 0 unspecified atom stereocenters. The smallest absolute Gasteiger partial charge is 0.343 e. The van der Waals surface area contributed by atoms with Crippen molar-refractivity contribution in [1.29, 1.82) is 0 Å². The third-order valence-electron chi connectivity index (χ3n) is 4.22. The van der Waals surface area contributed by atoms with Crippen LogP contribution in [0.1, 0.15) is 38.8 Å². The first kappa shape index (κ1) is 22.2. The molecule has 0 aromatic heterocycles. The van der Waals surface area contributed by atoms with Gasteiger partial charge in [0.1, 0.15) is 0 Å². The largest absolute Gasteiger partial charge is 0.490 e. The highest BCUT2D eigenvalue weighted by molar-refractivity contribution is 9.10. The molecule has 0 aliphatic rings. The van der Waals surface area contributed by atoms with Crippen molar-refractivity contribution in [3.05, 3.63) is 93.5 Å². The first-order valence-corrected chi connectivity index (χ1v) is 10.4. The van der Waals surface area contributed by atoms with Crippen molar-refractivity contribution < 1.29 is 19.1 Å². The van der Waals surface area contributed by atoms with Crippen LogP contribution in [0, 0.1) is 6.92 Å². The zero-order valence-electron chi connectivity index (χ0n) is 17.1. The second-order valence-corrected chi connectivity index (χ2v) is 7.52. The van der Waals surface area contributed by atoms with Crippen LogP contribution in [0.15, 0.2) is 76.3 Å². The number of carbonyl (C=O) groups excluding carboxylic acids is 2. The van der Waals surface area contributed by atoms with Crippen LogP contribution >= 0.6 is 15.9 Å². The molecule has 31 heavy (non-hydrogen) atoms. The summed E-state index contributed by atoms with van der Waals surface area (Å²) in [6.07, 6.45) is 1.49. The zero-order valence-corrected chi connectivity index (χ0v) is 18.7. The van der Waals surface area contributed by atoms with Crippen LogP contribution in [0.4, 0.5) is 0 Å². The molecule has 0 radical (unpaired) electrons. The number of esters is 1. The van der Waals surface area contributed by atoms with E-state index in [1.54, 1.807) is 48.5 Å². The van der Waals surface area contributed by atoms with E-state index in [0.717, 1.165) is 10.0 Å². The molecule has 0 fully saturated rings. The van der Waals surface area contributed by atoms with Gasteiger partial charge < -0.3 is 9.47 Å². The minimum absolute atomic E-state index is 0.308. The van der Waals surface area contributed by atoms with E-state index in [2.05, 4.69) is 26.5 Å². The maximum absolute atomic E-state index is 12.4. The molecule has 3 rings (SSSR count). The number of hydrogen-bond donors (Lipinski definition) is 1. The Morgan fingerprint density at radius 1 is 1.00 bits per heavy atom. The molecule has 0 saturated carbocycles. The summed E-state index contributed by atoms with van der Waals surface area (Å²) < 4.78 is 11.9. The fraction of sp³-hybridized carbons (Fsp3) is 0.125. The summed E-state index contributed by atoms with van der Waals surface area (Å²) in [6, 6.07) is 19.2. The number of carbonyl (C=O) groups is 2. The highest BCUT2D eigenvalue weighted by atomic mass is 79.9. The Bertz CT molecular complexity index is 1110. The maximum atomic E-state index is 12.4. The topological polar surface area (TPSA) is 77.0 Å². The third kappa shape index (κ3) is 6.26. The molecule has 3 aromatic carbocycles. The monoisotopic (exact) mass is 480 g/mol. The lowest BCUT2D eigenvalue weighted by molar-refractivity contribution is 0.0728. The van der Waals surface area contributed by atoms with Crippen molar-refractivity contribution in [2.24, 2.45) is 5.10 Å². The molecule has 158 valence electrons. The van der Waals surface area contributed by atoms with Crippen LogP contribution in [0.25, 0.3) is 0 Å². The first-order chi connectivity index (χ1) is 15.0. The van der Waals surface area contributed by atoms with E-state index in [4.69, 9.17) is 9.47 Å². The molecule has 0 spiro atoms. The quantitative estimate of drug-likeness (QED) is 0.220. The second kappa shape index (κ2) is 10.5. The van der Waals surface area contributed by atoms with Crippen LogP contribution in [-0.2, 0) is 0 Å². The summed E-state index contributed by atoms with van der Waals surface area (Å²) in [6.45, 7) is 4.18. The average molecular weight is 481 g/mol. The van der Waals surface area contributed by atoms with Crippen molar-refractivity contribution in [2.75, 3.05) is 6.61 Å². The Hall–Kier alpha value is -3.45. The Kier molecular flexibility index (Phi) is 7.56. The van der Waals surface area contributed by atoms with Crippen molar-refractivity contribution in [3.63, 3.8) is 0 Å². The predicted octanol–water partition coefficient (Wildman–Crippen LogP) is 5.14. The average Bonchev–Trinajstić information content (AvgIpc) is 2.76. The Morgan fingerprint density at radius 2 is 1.77 bits per heavy atom. The van der Waals surface area contributed by atoms with Gasteiger partial charge in [0.2, 0.25) is 0 Å². The molecule has 7 heteroatoms. The van der Waals surface area contributed by atoms with Gasteiger partial charge in [0.15, 0.2) is 11.5 Å². The van der Waals surface area contributed by atoms with Gasteiger partial charge in [-0.1, -0.05) is 39.7 Å². The predicted molar refractivity (Wildman–Crippen MR) is 123 cm³/mol. The summed E-state index contributed by atoms with van der Waals surface area (Å²) in [7, 11) is 0. The Morgan fingerprint density at radius 3 is 2.48 bits per heavy atom. The molecule has 6 nitrogen and oxygen atoms in total. The lowest BCUT2D eigenvalue weighted by Crippen LogP contribution is -2.17. The van der Waals surface area contributed by atoms with Gasteiger partial charge >= 0.3 is 5.97 Å². The Labute approximate surface area is 189 Å². The van der Waals surface area contributed by atoms with Crippen molar-refractivity contribution >= 4 is 34.0 Å². The lowest BCUT2D eigenvalue weighted by atomic mass is 10.1. The van der Waals surface area contributed by atoms with Crippen LogP contribution in [-0.4, -0.2) is 24.7 Å². The van der Waals surface area contributed by atoms with E-state index in [0.29, 0.717) is 34.8 Å². The number of nitrogens with one attached hydrogen (secondary N) is 1. The normalized spacial score (nSPS) is 10.7. The number of hydrazone groups is 1. The molecule has 0 heterocycles. The lowest BCUT2D eigenvalue weighted by Gasteiger charge is -2.11. The molecular weight excluding hydrogens is 460 g/mol. The third-order valence-corrected chi connectivity index (χ3v) is 4.72. The van der Waals surface area contributed by atoms with E-state index in [-0.39, 0.29) is 5.91 Å². The minimum atomic E-state index is -0.469. The van der Waals surface area contributed by atoms with Gasteiger partial charge in [0.05, 0.1) is 18.4 Å². The van der Waals surface area contributed by atoms with Crippen molar-refractivity contribution in [1.82, 2.24) is 5.43 Å². The number of amides is 1. The van der Waals surface area contributed by atoms with Gasteiger partial charge in [0.25, 0.3) is 5.91 Å². The standard InChI is InChI=1S/C24H21BrN2O4/c1-3-30-22-13-17(15-26-27-23(28)19-5-4-6-20(25)14-19)9-12-21(22)31-24(29)18-10-7-16(2)8-11-18/h4-15H,3H2,1-2H3,(H,27,28)/b26-15+. The maximum Gasteiger partial charge on any atom is 0.343 e. The van der Waals surface area contributed by atoms with Crippen LogP contribution in [0.5, 0.6) is 11.5 Å². The molecule has 0 saturated heterocycles. The summed E-state index contributed by atoms with van der Waals surface area (Å²) in [5, 5.41) is 3.99. The van der Waals surface area contributed by atoms with Gasteiger partial charge in [-0.2, -0.15) is 5.10 Å². The van der Waals surface area contributed by atoms with E-state index < -0.39 is 5.97 Å². The van der Waals surface area contributed by atoms with Crippen LogP contribution < -0.4 is 14.9 Å². The summed E-state index contributed by atoms with van der Waals surface area (Å²) >= 11 is 3.33. The fourth-order valence-electron chi connectivity index (χ4n) is 2.67. The molecule has 0 bridgehead atoms. The van der Waals surface area contributed by atoms with E-state index in [1.165, 1.54) is 6.21 Å². The van der Waals surface area contributed by atoms with Gasteiger partial charge in [-0.3, -0.25) is 4.79 Å². The van der Waals surface area contributed by atoms with Gasteiger partial charge in [-0.25, -0.2) is 10.2 Å². The number of benzene rings is 3. The number of ether oxygens (including phenoxy) is 2. The van der Waals surface area contributed by atoms with E-state index in [1.807, 2.05) is 32.0 Å². The number of halogens is 1.